The fraction of sp³-hybridized carbons (Fsp3) is 0.333. The standard InChI is InChI=1S/C15H17NO4S/c1-11-14(21-10-16-11)5-6-19-7-8-20-13-4-2-3-12(9-13)15(17)18/h2-4,9-10H,5-8H2,1H3,(H,17,18). The quantitative estimate of drug-likeness (QED) is 0.759. The summed E-state index contributed by atoms with van der Waals surface area (Å²) in [5.41, 5.74) is 3.11. The van der Waals surface area contributed by atoms with Crippen molar-refractivity contribution in [1.82, 2.24) is 4.98 Å². The SMILES string of the molecule is Cc1ncsc1CCOCCOc1cccc(C(=O)O)c1. The van der Waals surface area contributed by atoms with E-state index in [1.807, 2.05) is 12.4 Å². The van der Waals surface area contributed by atoms with Crippen molar-refractivity contribution in [3.8, 4) is 5.75 Å². The number of rotatable bonds is 8. The molecule has 0 unspecified atom stereocenters. The molecule has 0 atom stereocenters. The van der Waals surface area contributed by atoms with E-state index in [1.165, 1.54) is 17.0 Å². The van der Waals surface area contributed by atoms with Crippen molar-refractivity contribution >= 4 is 17.3 Å². The average Bonchev–Trinajstić information content (AvgIpc) is 2.88. The van der Waals surface area contributed by atoms with Crippen LogP contribution < -0.4 is 4.74 Å². The van der Waals surface area contributed by atoms with Gasteiger partial charge in [-0.05, 0) is 25.1 Å². The van der Waals surface area contributed by atoms with Crippen molar-refractivity contribution in [2.75, 3.05) is 19.8 Å². The lowest BCUT2D eigenvalue weighted by molar-refractivity contribution is 0.0696. The third kappa shape index (κ3) is 4.84. The molecule has 1 aromatic heterocycles. The highest BCUT2D eigenvalue weighted by Gasteiger charge is 2.04. The van der Waals surface area contributed by atoms with Crippen LogP contribution in [0.2, 0.25) is 0 Å². The Morgan fingerprint density at radius 1 is 1.33 bits per heavy atom. The van der Waals surface area contributed by atoms with Crippen LogP contribution in [-0.2, 0) is 11.2 Å². The highest BCUT2D eigenvalue weighted by molar-refractivity contribution is 7.09. The first-order chi connectivity index (χ1) is 10.2. The number of ether oxygens (including phenoxy) is 2. The average molecular weight is 307 g/mol. The Kier molecular flexibility index (Phi) is 5.71. The normalized spacial score (nSPS) is 10.5. The largest absolute Gasteiger partial charge is 0.491 e. The van der Waals surface area contributed by atoms with Gasteiger partial charge in [-0.25, -0.2) is 9.78 Å². The molecule has 0 fully saturated rings. The van der Waals surface area contributed by atoms with Gasteiger partial charge in [-0.1, -0.05) is 6.07 Å². The molecule has 1 aromatic carbocycles. The molecule has 6 heteroatoms. The number of benzene rings is 1. The number of aryl methyl sites for hydroxylation is 1. The van der Waals surface area contributed by atoms with Crippen molar-refractivity contribution < 1.29 is 19.4 Å². The molecule has 0 aliphatic heterocycles. The number of aromatic nitrogens is 1. The molecule has 0 saturated heterocycles. The van der Waals surface area contributed by atoms with Crippen molar-refractivity contribution in [2.45, 2.75) is 13.3 Å². The Bertz CT molecular complexity index is 597. The Morgan fingerprint density at radius 2 is 2.19 bits per heavy atom. The smallest absolute Gasteiger partial charge is 0.335 e. The summed E-state index contributed by atoms with van der Waals surface area (Å²) < 4.78 is 11.0. The number of carboxylic acids is 1. The van der Waals surface area contributed by atoms with Crippen LogP contribution in [0, 0.1) is 6.92 Å². The molecule has 5 nitrogen and oxygen atoms in total. The second kappa shape index (κ2) is 7.75. The first kappa shape index (κ1) is 15.5. The van der Waals surface area contributed by atoms with E-state index >= 15 is 0 Å². The minimum absolute atomic E-state index is 0.217. The summed E-state index contributed by atoms with van der Waals surface area (Å²) in [4.78, 5) is 16.2. The first-order valence-corrected chi connectivity index (χ1v) is 7.47. The molecule has 1 heterocycles. The van der Waals surface area contributed by atoms with Crippen LogP contribution >= 0.6 is 11.3 Å². The monoisotopic (exact) mass is 307 g/mol. The third-order valence-electron chi connectivity index (χ3n) is 2.90. The van der Waals surface area contributed by atoms with Gasteiger partial charge in [0.25, 0.3) is 0 Å². The van der Waals surface area contributed by atoms with Crippen LogP contribution in [0.4, 0.5) is 0 Å². The minimum atomic E-state index is -0.961. The number of hydrogen-bond acceptors (Lipinski definition) is 5. The lowest BCUT2D eigenvalue weighted by atomic mass is 10.2. The number of carbonyl (C=O) groups is 1. The van der Waals surface area contributed by atoms with Crippen molar-refractivity contribution in [3.63, 3.8) is 0 Å². The summed E-state index contributed by atoms with van der Waals surface area (Å²) >= 11 is 1.64. The summed E-state index contributed by atoms with van der Waals surface area (Å²) in [6, 6.07) is 6.42. The van der Waals surface area contributed by atoms with E-state index in [2.05, 4.69) is 4.98 Å². The topological polar surface area (TPSA) is 68.7 Å². The van der Waals surface area contributed by atoms with Crippen LogP contribution in [-0.4, -0.2) is 35.9 Å². The van der Waals surface area contributed by atoms with Gasteiger partial charge in [-0.3, -0.25) is 0 Å². The molecular weight excluding hydrogens is 290 g/mol. The predicted molar refractivity (Wildman–Crippen MR) is 80.3 cm³/mol. The van der Waals surface area contributed by atoms with Gasteiger partial charge in [0.2, 0.25) is 0 Å². The van der Waals surface area contributed by atoms with E-state index in [-0.39, 0.29) is 5.56 Å². The van der Waals surface area contributed by atoms with Gasteiger partial charge < -0.3 is 14.6 Å². The molecule has 2 aromatic rings. The number of aromatic carboxylic acids is 1. The zero-order chi connectivity index (χ0) is 15.1. The van der Waals surface area contributed by atoms with Crippen LogP contribution in [0.3, 0.4) is 0 Å². The maximum Gasteiger partial charge on any atom is 0.335 e. The van der Waals surface area contributed by atoms with Crippen LogP contribution in [0.25, 0.3) is 0 Å². The lowest BCUT2D eigenvalue weighted by Crippen LogP contribution is -2.09. The van der Waals surface area contributed by atoms with Gasteiger partial charge in [-0.15, -0.1) is 11.3 Å². The number of hydrogen-bond donors (Lipinski definition) is 1. The number of carboxylic acid groups (broad SMARTS) is 1. The highest BCUT2D eigenvalue weighted by atomic mass is 32.1. The molecule has 1 N–H and O–H groups in total. The maximum absolute atomic E-state index is 10.8. The van der Waals surface area contributed by atoms with Gasteiger partial charge in [-0.2, -0.15) is 0 Å². The van der Waals surface area contributed by atoms with E-state index < -0.39 is 5.97 Å². The molecular formula is C15H17NO4S. The molecule has 0 aliphatic carbocycles. The predicted octanol–water partition coefficient (Wildman–Crippen LogP) is 2.79. The third-order valence-corrected chi connectivity index (χ3v) is 3.89. The molecule has 0 aliphatic rings. The Labute approximate surface area is 127 Å². The number of thiazole rings is 1. The zero-order valence-electron chi connectivity index (χ0n) is 11.7. The van der Waals surface area contributed by atoms with Gasteiger partial charge in [0.05, 0.1) is 30.0 Å². The van der Waals surface area contributed by atoms with Crippen LogP contribution in [0.5, 0.6) is 5.75 Å². The lowest BCUT2D eigenvalue weighted by Gasteiger charge is -2.07. The molecule has 0 saturated carbocycles. The van der Waals surface area contributed by atoms with Gasteiger partial charge in [0.15, 0.2) is 0 Å². The summed E-state index contributed by atoms with van der Waals surface area (Å²) in [5.74, 6) is -0.423. The first-order valence-electron chi connectivity index (χ1n) is 6.59. The second-order valence-electron chi connectivity index (χ2n) is 4.40. The maximum atomic E-state index is 10.8. The minimum Gasteiger partial charge on any atom is -0.491 e. The van der Waals surface area contributed by atoms with E-state index in [0.717, 1.165) is 12.1 Å². The van der Waals surface area contributed by atoms with E-state index in [9.17, 15) is 4.79 Å². The molecule has 0 spiro atoms. The second-order valence-corrected chi connectivity index (χ2v) is 5.34. The Balaban J connectivity index is 1.65. The van der Waals surface area contributed by atoms with Gasteiger partial charge in [0.1, 0.15) is 12.4 Å². The van der Waals surface area contributed by atoms with Crippen molar-refractivity contribution in [3.05, 3.63) is 45.9 Å². The molecule has 0 radical (unpaired) electrons. The summed E-state index contributed by atoms with van der Waals surface area (Å²) in [6.45, 7) is 3.48. The fourth-order valence-corrected chi connectivity index (χ4v) is 2.53. The molecule has 21 heavy (non-hydrogen) atoms. The van der Waals surface area contributed by atoms with Crippen LogP contribution in [0.15, 0.2) is 29.8 Å². The molecule has 2 rings (SSSR count). The number of nitrogens with zero attached hydrogens (tertiary/aromatic N) is 1. The Morgan fingerprint density at radius 3 is 2.90 bits per heavy atom. The van der Waals surface area contributed by atoms with Crippen LogP contribution in [0.1, 0.15) is 20.9 Å². The van der Waals surface area contributed by atoms with Crippen molar-refractivity contribution in [2.24, 2.45) is 0 Å². The molecule has 112 valence electrons. The summed E-state index contributed by atoms with van der Waals surface area (Å²) in [6.07, 6.45) is 0.852. The Hall–Kier alpha value is -1.92. The van der Waals surface area contributed by atoms with Gasteiger partial charge >= 0.3 is 5.97 Å². The fourth-order valence-electron chi connectivity index (χ4n) is 1.77. The molecule has 0 bridgehead atoms. The van der Waals surface area contributed by atoms with E-state index in [1.54, 1.807) is 23.5 Å². The summed E-state index contributed by atoms with van der Waals surface area (Å²) in [5, 5.41) is 8.88. The highest BCUT2D eigenvalue weighted by Crippen LogP contribution is 2.14. The van der Waals surface area contributed by atoms with Gasteiger partial charge in [0, 0.05) is 11.3 Å². The molecule has 0 amide bonds. The van der Waals surface area contributed by atoms with E-state index in [4.69, 9.17) is 14.6 Å². The zero-order valence-corrected chi connectivity index (χ0v) is 12.6. The van der Waals surface area contributed by atoms with Crippen molar-refractivity contribution in [1.29, 1.82) is 0 Å². The summed E-state index contributed by atoms with van der Waals surface area (Å²) in [7, 11) is 0. The van der Waals surface area contributed by atoms with E-state index in [0.29, 0.717) is 25.6 Å².